The SMILES string of the molecule is Cc1noc(NS(=O)(=O)c2cccc(C(F)(F)F)c2)c1Br. The Balaban J connectivity index is 2.38. The molecule has 0 bridgehead atoms. The fourth-order valence-corrected chi connectivity index (χ4v) is 2.86. The molecule has 2 aromatic rings. The van der Waals surface area contributed by atoms with E-state index in [9.17, 15) is 21.6 Å². The van der Waals surface area contributed by atoms with E-state index in [0.717, 1.165) is 18.2 Å². The third kappa shape index (κ3) is 3.38. The third-order valence-electron chi connectivity index (χ3n) is 2.49. The van der Waals surface area contributed by atoms with Crippen molar-refractivity contribution in [1.29, 1.82) is 0 Å². The highest BCUT2D eigenvalue weighted by molar-refractivity contribution is 9.10. The molecule has 10 heteroatoms. The van der Waals surface area contributed by atoms with Gasteiger partial charge in [0.25, 0.3) is 15.9 Å². The number of sulfonamides is 1. The van der Waals surface area contributed by atoms with Gasteiger partial charge in [0.15, 0.2) is 0 Å². The fraction of sp³-hybridized carbons (Fsp3) is 0.182. The van der Waals surface area contributed by atoms with E-state index in [-0.39, 0.29) is 10.4 Å². The highest BCUT2D eigenvalue weighted by Crippen LogP contribution is 2.32. The van der Waals surface area contributed by atoms with Crippen LogP contribution in [0.15, 0.2) is 38.2 Å². The lowest BCUT2D eigenvalue weighted by Gasteiger charge is -2.09. The monoisotopic (exact) mass is 384 g/mol. The Kier molecular flexibility index (Phi) is 4.02. The van der Waals surface area contributed by atoms with Crippen LogP contribution >= 0.6 is 15.9 Å². The first-order chi connectivity index (χ1) is 9.61. The summed E-state index contributed by atoms with van der Waals surface area (Å²) in [5.41, 5.74) is -0.657. The number of anilines is 1. The maximum absolute atomic E-state index is 12.6. The molecule has 0 aliphatic rings. The molecule has 1 aromatic heterocycles. The lowest BCUT2D eigenvalue weighted by Crippen LogP contribution is -2.14. The maximum atomic E-state index is 12.6. The van der Waals surface area contributed by atoms with Crippen molar-refractivity contribution < 1.29 is 26.1 Å². The van der Waals surface area contributed by atoms with Crippen LogP contribution in [0.1, 0.15) is 11.3 Å². The van der Waals surface area contributed by atoms with Gasteiger partial charge in [-0.1, -0.05) is 11.2 Å². The van der Waals surface area contributed by atoms with Gasteiger partial charge in [0.1, 0.15) is 4.47 Å². The molecule has 5 nitrogen and oxygen atoms in total. The second-order valence-electron chi connectivity index (χ2n) is 4.04. The molecule has 0 saturated heterocycles. The van der Waals surface area contributed by atoms with Gasteiger partial charge in [-0.15, -0.1) is 0 Å². The van der Waals surface area contributed by atoms with Gasteiger partial charge >= 0.3 is 6.18 Å². The zero-order chi connectivity index (χ0) is 15.8. The maximum Gasteiger partial charge on any atom is 0.416 e. The molecule has 1 aromatic carbocycles. The van der Waals surface area contributed by atoms with E-state index in [2.05, 4.69) is 21.1 Å². The number of benzene rings is 1. The van der Waals surface area contributed by atoms with Crippen LogP contribution in [0.25, 0.3) is 0 Å². The number of alkyl halides is 3. The highest BCUT2D eigenvalue weighted by atomic mass is 79.9. The standard InChI is InChI=1S/C11H8BrF3N2O3S/c1-6-9(12)10(20-16-6)17-21(18,19)8-4-2-3-7(5-8)11(13,14)15/h2-5,17H,1H3. The molecule has 114 valence electrons. The van der Waals surface area contributed by atoms with Gasteiger partial charge in [0.2, 0.25) is 0 Å². The second kappa shape index (κ2) is 5.34. The molecule has 0 aliphatic carbocycles. The summed E-state index contributed by atoms with van der Waals surface area (Å²) in [6.07, 6.45) is -4.63. The van der Waals surface area contributed by atoms with Crippen molar-refractivity contribution in [1.82, 2.24) is 5.16 Å². The normalized spacial score (nSPS) is 12.4. The first-order valence-corrected chi connectivity index (χ1v) is 7.71. The molecule has 0 saturated carbocycles. The van der Waals surface area contributed by atoms with Gasteiger partial charge in [-0.25, -0.2) is 13.1 Å². The van der Waals surface area contributed by atoms with Crippen molar-refractivity contribution in [3.8, 4) is 0 Å². The minimum atomic E-state index is -4.63. The molecule has 0 amide bonds. The van der Waals surface area contributed by atoms with Crippen LogP contribution in [0.3, 0.4) is 0 Å². The summed E-state index contributed by atoms with van der Waals surface area (Å²) in [7, 11) is -4.22. The summed E-state index contributed by atoms with van der Waals surface area (Å²) >= 11 is 3.06. The van der Waals surface area contributed by atoms with E-state index >= 15 is 0 Å². The molecule has 0 radical (unpaired) electrons. The number of aryl methyl sites for hydroxylation is 1. The van der Waals surface area contributed by atoms with Crippen LogP contribution in [-0.4, -0.2) is 13.6 Å². The van der Waals surface area contributed by atoms with Crippen molar-refractivity contribution in [3.05, 3.63) is 40.0 Å². The number of halogens is 4. The molecular weight excluding hydrogens is 377 g/mol. The van der Waals surface area contributed by atoms with E-state index in [1.54, 1.807) is 6.92 Å². The van der Waals surface area contributed by atoms with Crippen LogP contribution in [0.2, 0.25) is 0 Å². The average Bonchev–Trinajstić information content (AvgIpc) is 2.69. The van der Waals surface area contributed by atoms with Crippen LogP contribution in [0, 0.1) is 6.92 Å². The number of nitrogens with one attached hydrogen (secondary N) is 1. The summed E-state index contributed by atoms with van der Waals surface area (Å²) < 4.78 is 69.0. The van der Waals surface area contributed by atoms with Gasteiger partial charge in [-0.3, -0.25) is 0 Å². The fourth-order valence-electron chi connectivity index (χ4n) is 1.44. The molecule has 0 aliphatic heterocycles. The zero-order valence-corrected chi connectivity index (χ0v) is 12.8. The van der Waals surface area contributed by atoms with Crippen molar-refractivity contribution in [2.45, 2.75) is 18.0 Å². The number of hydrogen-bond acceptors (Lipinski definition) is 4. The lowest BCUT2D eigenvalue weighted by molar-refractivity contribution is -0.137. The molecular formula is C11H8BrF3N2O3S. The van der Waals surface area contributed by atoms with Gasteiger partial charge in [-0.05, 0) is 41.1 Å². The lowest BCUT2D eigenvalue weighted by atomic mass is 10.2. The molecule has 0 atom stereocenters. The van der Waals surface area contributed by atoms with E-state index in [1.165, 1.54) is 0 Å². The zero-order valence-electron chi connectivity index (χ0n) is 10.4. The third-order valence-corrected chi connectivity index (χ3v) is 4.75. The van der Waals surface area contributed by atoms with Crippen LogP contribution in [0.5, 0.6) is 0 Å². The molecule has 21 heavy (non-hydrogen) atoms. The van der Waals surface area contributed by atoms with Gasteiger partial charge < -0.3 is 4.52 Å². The molecule has 1 heterocycles. The molecule has 1 N–H and O–H groups in total. The topological polar surface area (TPSA) is 72.2 Å². The highest BCUT2D eigenvalue weighted by Gasteiger charge is 2.32. The van der Waals surface area contributed by atoms with Gasteiger partial charge in [0.05, 0.1) is 16.2 Å². The summed E-state index contributed by atoms with van der Waals surface area (Å²) in [6.45, 7) is 1.57. The van der Waals surface area contributed by atoms with Gasteiger partial charge in [0, 0.05) is 0 Å². The Hall–Kier alpha value is -1.55. The molecule has 2 rings (SSSR count). The summed E-state index contributed by atoms with van der Waals surface area (Å²) in [5, 5.41) is 3.52. The van der Waals surface area contributed by atoms with Crippen molar-refractivity contribution in [3.63, 3.8) is 0 Å². The Labute approximate surface area is 126 Å². The van der Waals surface area contributed by atoms with E-state index in [1.807, 2.05) is 4.72 Å². The molecule has 0 spiro atoms. The second-order valence-corrected chi connectivity index (χ2v) is 6.52. The number of rotatable bonds is 3. The summed E-state index contributed by atoms with van der Waals surface area (Å²) in [5.74, 6) is -0.204. The first kappa shape index (κ1) is 15.8. The number of nitrogens with zero attached hydrogens (tertiary/aromatic N) is 1. The first-order valence-electron chi connectivity index (χ1n) is 5.43. The van der Waals surface area contributed by atoms with Crippen molar-refractivity contribution in [2.75, 3.05) is 4.72 Å². The minimum Gasteiger partial charge on any atom is -0.336 e. The van der Waals surface area contributed by atoms with E-state index in [4.69, 9.17) is 4.52 Å². The van der Waals surface area contributed by atoms with Crippen LogP contribution in [-0.2, 0) is 16.2 Å². The Morgan fingerprint density at radius 1 is 1.33 bits per heavy atom. The van der Waals surface area contributed by atoms with E-state index in [0.29, 0.717) is 11.8 Å². The van der Waals surface area contributed by atoms with E-state index < -0.39 is 26.7 Å². The average molecular weight is 385 g/mol. The molecule has 0 unspecified atom stereocenters. The predicted octanol–water partition coefficient (Wildman–Crippen LogP) is 3.57. The number of hydrogen-bond donors (Lipinski definition) is 1. The van der Waals surface area contributed by atoms with Crippen molar-refractivity contribution >= 4 is 31.8 Å². The quantitative estimate of drug-likeness (QED) is 0.877. The number of aromatic nitrogens is 1. The molecule has 0 fully saturated rings. The van der Waals surface area contributed by atoms with Gasteiger partial charge in [-0.2, -0.15) is 13.2 Å². The smallest absolute Gasteiger partial charge is 0.336 e. The largest absolute Gasteiger partial charge is 0.416 e. The van der Waals surface area contributed by atoms with Crippen molar-refractivity contribution in [2.24, 2.45) is 0 Å². The summed E-state index contributed by atoms with van der Waals surface area (Å²) in [4.78, 5) is -0.529. The Bertz CT molecular complexity index is 771. The minimum absolute atomic E-state index is 0.204. The Morgan fingerprint density at radius 2 is 2.00 bits per heavy atom. The summed E-state index contributed by atoms with van der Waals surface area (Å²) in [6, 6.07) is 3.39. The van der Waals surface area contributed by atoms with Crippen LogP contribution < -0.4 is 4.72 Å². The Morgan fingerprint density at radius 3 is 2.52 bits per heavy atom. The van der Waals surface area contributed by atoms with Crippen LogP contribution in [0.4, 0.5) is 19.1 Å². The predicted molar refractivity (Wildman–Crippen MR) is 71.2 cm³/mol.